The van der Waals surface area contributed by atoms with Gasteiger partial charge in [-0.3, -0.25) is 14.9 Å². The number of unbranched alkanes of at least 4 members (excludes halogenated alkanes) is 2. The Bertz CT molecular complexity index is 1040. The van der Waals surface area contributed by atoms with Gasteiger partial charge in [0.1, 0.15) is 6.04 Å². The Morgan fingerprint density at radius 2 is 1.84 bits per heavy atom. The van der Waals surface area contributed by atoms with E-state index >= 15 is 0 Å². The van der Waals surface area contributed by atoms with E-state index in [0.29, 0.717) is 29.4 Å². The van der Waals surface area contributed by atoms with E-state index in [0.717, 1.165) is 24.8 Å². The molecule has 0 radical (unpaired) electrons. The molecular weight excluding hydrogens is 428 g/mol. The number of amides is 1. The lowest BCUT2D eigenvalue weighted by atomic mass is 10.1. The third-order valence-electron chi connectivity index (χ3n) is 5.15. The molecule has 2 aromatic carbocycles. The number of aromatic nitrogens is 1. The van der Waals surface area contributed by atoms with Gasteiger partial charge in [-0.2, -0.15) is 0 Å². The van der Waals surface area contributed by atoms with Gasteiger partial charge in [0.2, 0.25) is 5.91 Å². The van der Waals surface area contributed by atoms with Gasteiger partial charge in [-0.25, -0.2) is 0 Å². The van der Waals surface area contributed by atoms with Crippen molar-refractivity contribution >= 4 is 28.9 Å². The molecule has 0 fully saturated rings. The van der Waals surface area contributed by atoms with Gasteiger partial charge in [0, 0.05) is 41.8 Å². The number of nitrogens with zero attached hydrogens (tertiary/aromatic N) is 2. The number of benzene rings is 2. The molecule has 7 nitrogen and oxygen atoms in total. The molecule has 168 valence electrons. The lowest BCUT2D eigenvalue weighted by molar-refractivity contribution is -0.384. The van der Waals surface area contributed by atoms with Crippen LogP contribution in [0, 0.1) is 10.1 Å². The van der Waals surface area contributed by atoms with Gasteiger partial charge >= 0.3 is 0 Å². The first-order valence-electron chi connectivity index (χ1n) is 10.7. The monoisotopic (exact) mass is 454 g/mol. The molecular formula is C24H27ClN4O3. The largest absolute Gasteiger partial charge is 0.373 e. The van der Waals surface area contributed by atoms with Gasteiger partial charge in [-0.15, -0.1) is 0 Å². The van der Waals surface area contributed by atoms with Crippen LogP contribution in [-0.2, 0) is 11.3 Å². The quantitative estimate of drug-likeness (QED) is 0.220. The van der Waals surface area contributed by atoms with Crippen molar-refractivity contribution in [3.8, 4) is 5.69 Å². The van der Waals surface area contributed by atoms with Crippen LogP contribution >= 0.6 is 11.6 Å². The number of nitrogens with one attached hydrogen (secondary N) is 2. The van der Waals surface area contributed by atoms with Crippen LogP contribution in [0.15, 0.2) is 67.0 Å². The van der Waals surface area contributed by atoms with E-state index in [4.69, 9.17) is 11.6 Å². The Kier molecular flexibility index (Phi) is 8.27. The summed E-state index contributed by atoms with van der Waals surface area (Å²) in [6.07, 6.45) is 7.18. The highest BCUT2D eigenvalue weighted by molar-refractivity contribution is 6.30. The van der Waals surface area contributed by atoms with Crippen molar-refractivity contribution in [1.29, 1.82) is 0 Å². The van der Waals surface area contributed by atoms with E-state index in [9.17, 15) is 14.9 Å². The minimum Gasteiger partial charge on any atom is -0.373 e. The Balaban J connectivity index is 1.78. The molecule has 1 heterocycles. The number of nitro groups is 1. The normalized spacial score (nSPS) is 11.7. The third-order valence-corrected chi connectivity index (χ3v) is 5.40. The van der Waals surface area contributed by atoms with E-state index in [1.54, 1.807) is 16.7 Å². The Morgan fingerprint density at radius 3 is 2.50 bits per heavy atom. The molecule has 0 bridgehead atoms. The van der Waals surface area contributed by atoms with Gasteiger partial charge in [-0.1, -0.05) is 49.9 Å². The summed E-state index contributed by atoms with van der Waals surface area (Å²) in [4.78, 5) is 24.0. The number of halogens is 1. The third kappa shape index (κ3) is 6.59. The molecule has 3 aromatic rings. The molecule has 1 atom stereocenters. The number of rotatable bonds is 11. The zero-order valence-corrected chi connectivity index (χ0v) is 18.7. The standard InChI is InChI=1S/C24H27ClN4O3/c1-2-3-4-7-23(24(30)26-17-18-8-10-19(25)11-9-18)27-20-14-21(28-12-5-6-13-28)16-22(15-20)29(31)32/h5-6,8-16,23,27H,2-4,7,17H2,1H3,(H,26,30). The zero-order chi connectivity index (χ0) is 22.9. The van der Waals surface area contributed by atoms with Crippen molar-refractivity contribution in [3.63, 3.8) is 0 Å². The SMILES string of the molecule is CCCCCC(Nc1cc(-n2cccc2)cc([N+](=O)[O-])c1)C(=O)NCc1ccc(Cl)cc1. The highest BCUT2D eigenvalue weighted by atomic mass is 35.5. The second kappa shape index (κ2) is 11.3. The first-order valence-corrected chi connectivity index (χ1v) is 11.1. The first kappa shape index (κ1) is 23.3. The van der Waals surface area contributed by atoms with Gasteiger partial charge in [0.25, 0.3) is 5.69 Å². The van der Waals surface area contributed by atoms with Gasteiger partial charge in [-0.05, 0) is 42.3 Å². The van der Waals surface area contributed by atoms with Crippen molar-refractivity contribution in [2.75, 3.05) is 5.32 Å². The van der Waals surface area contributed by atoms with Crippen LogP contribution < -0.4 is 10.6 Å². The van der Waals surface area contributed by atoms with E-state index in [1.165, 1.54) is 12.1 Å². The number of carbonyl (C=O) groups excluding carboxylic acids is 1. The highest BCUT2D eigenvalue weighted by Crippen LogP contribution is 2.25. The summed E-state index contributed by atoms with van der Waals surface area (Å²) < 4.78 is 1.80. The second-order valence-corrected chi connectivity index (χ2v) is 8.06. The molecule has 1 amide bonds. The maximum atomic E-state index is 13.0. The molecule has 32 heavy (non-hydrogen) atoms. The fourth-order valence-electron chi connectivity index (χ4n) is 3.42. The minimum atomic E-state index is -0.506. The van der Waals surface area contributed by atoms with Crippen molar-refractivity contribution in [2.45, 2.75) is 45.2 Å². The number of nitro benzene ring substituents is 1. The van der Waals surface area contributed by atoms with Crippen LogP contribution in [0.2, 0.25) is 5.02 Å². The van der Waals surface area contributed by atoms with Gasteiger partial charge in [0.15, 0.2) is 0 Å². The smallest absolute Gasteiger partial charge is 0.273 e. The maximum absolute atomic E-state index is 13.0. The van der Waals surface area contributed by atoms with Gasteiger partial charge in [0.05, 0.1) is 10.6 Å². The predicted octanol–water partition coefficient (Wildman–Crippen LogP) is 5.72. The molecule has 3 rings (SSSR count). The molecule has 0 aliphatic carbocycles. The number of anilines is 1. The molecule has 0 aliphatic heterocycles. The number of non-ortho nitro benzene ring substituents is 1. The number of hydrogen-bond acceptors (Lipinski definition) is 4. The van der Waals surface area contributed by atoms with Crippen LogP contribution in [-0.4, -0.2) is 21.4 Å². The van der Waals surface area contributed by atoms with Crippen LogP contribution in [0.25, 0.3) is 5.69 Å². The lowest BCUT2D eigenvalue weighted by Gasteiger charge is -2.20. The molecule has 1 aromatic heterocycles. The first-order chi connectivity index (χ1) is 15.5. The minimum absolute atomic E-state index is 0.0346. The Morgan fingerprint density at radius 1 is 1.12 bits per heavy atom. The molecule has 2 N–H and O–H groups in total. The van der Waals surface area contributed by atoms with Crippen LogP contribution in [0.4, 0.5) is 11.4 Å². The summed E-state index contributed by atoms with van der Waals surface area (Å²) >= 11 is 5.92. The predicted molar refractivity (Wildman–Crippen MR) is 127 cm³/mol. The maximum Gasteiger partial charge on any atom is 0.273 e. The van der Waals surface area contributed by atoms with Crippen LogP contribution in [0.3, 0.4) is 0 Å². The molecule has 8 heteroatoms. The summed E-state index contributed by atoms with van der Waals surface area (Å²) in [5.41, 5.74) is 2.10. The fourth-order valence-corrected chi connectivity index (χ4v) is 3.55. The summed E-state index contributed by atoms with van der Waals surface area (Å²) in [6, 6.07) is 15.3. The van der Waals surface area contributed by atoms with E-state index in [-0.39, 0.29) is 11.6 Å². The van der Waals surface area contributed by atoms with E-state index < -0.39 is 11.0 Å². The summed E-state index contributed by atoms with van der Waals surface area (Å²) in [5.74, 6) is -0.148. The highest BCUT2D eigenvalue weighted by Gasteiger charge is 2.20. The Labute approximate surface area is 192 Å². The topological polar surface area (TPSA) is 89.2 Å². The molecule has 0 spiro atoms. The zero-order valence-electron chi connectivity index (χ0n) is 18.0. The van der Waals surface area contributed by atoms with Crippen molar-refractivity contribution in [2.24, 2.45) is 0 Å². The fraction of sp³-hybridized carbons (Fsp3) is 0.292. The van der Waals surface area contributed by atoms with Crippen LogP contribution in [0.5, 0.6) is 0 Å². The molecule has 0 saturated heterocycles. The Hall–Kier alpha value is -3.32. The second-order valence-electron chi connectivity index (χ2n) is 7.62. The number of carbonyl (C=O) groups is 1. The van der Waals surface area contributed by atoms with Crippen molar-refractivity contribution < 1.29 is 9.72 Å². The number of hydrogen-bond donors (Lipinski definition) is 2. The lowest BCUT2D eigenvalue weighted by Crippen LogP contribution is -2.39. The molecule has 1 unspecified atom stereocenters. The van der Waals surface area contributed by atoms with E-state index in [2.05, 4.69) is 17.6 Å². The van der Waals surface area contributed by atoms with Crippen molar-refractivity contribution in [3.05, 3.63) is 87.7 Å². The van der Waals surface area contributed by atoms with Crippen molar-refractivity contribution in [1.82, 2.24) is 9.88 Å². The average molecular weight is 455 g/mol. The van der Waals surface area contributed by atoms with Gasteiger partial charge < -0.3 is 15.2 Å². The van der Waals surface area contributed by atoms with E-state index in [1.807, 2.05) is 42.7 Å². The van der Waals surface area contributed by atoms with Crippen LogP contribution in [0.1, 0.15) is 38.2 Å². The summed E-state index contributed by atoms with van der Waals surface area (Å²) in [6.45, 7) is 2.48. The molecule has 0 saturated carbocycles. The summed E-state index contributed by atoms with van der Waals surface area (Å²) in [5, 5.41) is 18.3. The average Bonchev–Trinajstić information content (AvgIpc) is 3.33. The molecule has 0 aliphatic rings. The summed E-state index contributed by atoms with van der Waals surface area (Å²) in [7, 11) is 0.